The van der Waals surface area contributed by atoms with E-state index in [1.54, 1.807) is 12.5 Å². The van der Waals surface area contributed by atoms with E-state index in [4.69, 9.17) is 4.42 Å². The van der Waals surface area contributed by atoms with Crippen molar-refractivity contribution in [2.75, 3.05) is 13.1 Å². The van der Waals surface area contributed by atoms with Gasteiger partial charge in [0, 0.05) is 37.5 Å². The van der Waals surface area contributed by atoms with E-state index in [1.165, 1.54) is 5.56 Å². The van der Waals surface area contributed by atoms with Gasteiger partial charge in [-0.05, 0) is 32.0 Å². The maximum Gasteiger partial charge on any atom is 0.152 e. The molecule has 0 spiro atoms. The molecular weight excluding hydrogens is 304 g/mol. The number of imidazole rings is 1. The van der Waals surface area contributed by atoms with Gasteiger partial charge in [-0.15, -0.1) is 10.2 Å². The molecule has 1 saturated heterocycles. The van der Waals surface area contributed by atoms with Crippen LogP contribution < -0.4 is 0 Å². The van der Waals surface area contributed by atoms with E-state index in [0.29, 0.717) is 12.5 Å². The van der Waals surface area contributed by atoms with Crippen LogP contribution in [-0.4, -0.2) is 42.3 Å². The van der Waals surface area contributed by atoms with Crippen LogP contribution in [0.2, 0.25) is 0 Å². The van der Waals surface area contributed by atoms with Crippen molar-refractivity contribution in [2.24, 2.45) is 7.05 Å². The van der Waals surface area contributed by atoms with Crippen molar-refractivity contribution in [3.63, 3.8) is 0 Å². The molecule has 0 N–H and O–H groups in total. The molecule has 0 radical (unpaired) electrons. The Morgan fingerprint density at radius 2 is 2.08 bits per heavy atom. The molecule has 1 aliphatic heterocycles. The van der Waals surface area contributed by atoms with Gasteiger partial charge in [0.1, 0.15) is 5.82 Å². The first-order valence-electron chi connectivity index (χ1n) is 8.37. The van der Waals surface area contributed by atoms with Gasteiger partial charge in [-0.1, -0.05) is 0 Å². The van der Waals surface area contributed by atoms with Gasteiger partial charge in [-0.25, -0.2) is 4.98 Å². The van der Waals surface area contributed by atoms with Gasteiger partial charge in [-0.3, -0.25) is 4.90 Å². The lowest BCUT2D eigenvalue weighted by molar-refractivity contribution is 0.200. The van der Waals surface area contributed by atoms with Crippen LogP contribution in [0.3, 0.4) is 0 Å². The van der Waals surface area contributed by atoms with Crippen LogP contribution in [0.5, 0.6) is 0 Å². The molecule has 0 saturated carbocycles. The minimum atomic E-state index is 0.486. The molecule has 7 nitrogen and oxygen atoms in total. The van der Waals surface area contributed by atoms with E-state index in [9.17, 15) is 0 Å². The molecule has 7 heteroatoms. The van der Waals surface area contributed by atoms with Gasteiger partial charge in [0.2, 0.25) is 0 Å². The third-order valence-electron chi connectivity index (χ3n) is 4.82. The van der Waals surface area contributed by atoms with Crippen molar-refractivity contribution in [3.05, 3.63) is 54.5 Å². The Morgan fingerprint density at radius 1 is 1.21 bits per heavy atom. The predicted molar refractivity (Wildman–Crippen MR) is 88.3 cm³/mol. The summed E-state index contributed by atoms with van der Waals surface area (Å²) < 4.78 is 9.32. The first-order chi connectivity index (χ1) is 11.8. The van der Waals surface area contributed by atoms with E-state index >= 15 is 0 Å². The molecule has 24 heavy (non-hydrogen) atoms. The zero-order valence-corrected chi connectivity index (χ0v) is 13.9. The van der Waals surface area contributed by atoms with E-state index < -0.39 is 0 Å². The molecule has 3 aromatic rings. The third-order valence-corrected chi connectivity index (χ3v) is 4.82. The summed E-state index contributed by atoms with van der Waals surface area (Å²) in [6.45, 7) is 3.84. The maximum atomic E-state index is 5.15. The van der Waals surface area contributed by atoms with Gasteiger partial charge in [0.05, 0.1) is 25.4 Å². The van der Waals surface area contributed by atoms with Crippen molar-refractivity contribution in [3.8, 4) is 0 Å². The molecule has 1 aliphatic rings. The van der Waals surface area contributed by atoms with Crippen LogP contribution >= 0.6 is 0 Å². The summed E-state index contributed by atoms with van der Waals surface area (Å²) in [5.41, 5.74) is 1.25. The normalized spacial score (nSPS) is 16.7. The highest BCUT2D eigenvalue weighted by molar-refractivity contribution is 5.07. The second-order valence-electron chi connectivity index (χ2n) is 6.45. The zero-order valence-electron chi connectivity index (χ0n) is 13.9. The Morgan fingerprint density at radius 3 is 2.79 bits per heavy atom. The number of hydrogen-bond donors (Lipinski definition) is 0. The Balaban J connectivity index is 1.38. The lowest BCUT2D eigenvalue weighted by Crippen LogP contribution is -2.33. The average Bonchev–Trinajstić information content (AvgIpc) is 3.34. The van der Waals surface area contributed by atoms with Gasteiger partial charge in [0.25, 0.3) is 0 Å². The highest BCUT2D eigenvalue weighted by Crippen LogP contribution is 2.27. The maximum absolute atomic E-state index is 5.15. The van der Waals surface area contributed by atoms with E-state index in [0.717, 1.165) is 44.1 Å². The van der Waals surface area contributed by atoms with Gasteiger partial charge in [-0.2, -0.15) is 0 Å². The predicted octanol–water partition coefficient (Wildman–Crippen LogP) is 2.03. The van der Waals surface area contributed by atoms with Crippen LogP contribution in [0.1, 0.15) is 36.0 Å². The second-order valence-corrected chi connectivity index (χ2v) is 6.45. The fraction of sp³-hybridized carbons (Fsp3) is 0.471. The van der Waals surface area contributed by atoms with Crippen molar-refractivity contribution in [1.82, 2.24) is 29.2 Å². The standard InChI is InChI=1S/C17H22N6O/c1-21-16(11-23-8-5-18-13-23)19-20-17(21)15-2-6-22(7-3-15)10-14-4-9-24-12-14/h4-5,8-9,12-13,15H,2-3,6-7,10-11H2,1H3. The average molecular weight is 326 g/mol. The molecule has 4 rings (SSSR count). The lowest BCUT2D eigenvalue weighted by Gasteiger charge is -2.31. The Kier molecular flexibility index (Phi) is 4.17. The van der Waals surface area contributed by atoms with Crippen molar-refractivity contribution in [2.45, 2.75) is 31.8 Å². The molecule has 0 amide bonds. The summed E-state index contributed by atoms with van der Waals surface area (Å²) in [5, 5.41) is 8.85. The third kappa shape index (κ3) is 3.12. The van der Waals surface area contributed by atoms with Crippen LogP contribution in [0, 0.1) is 0 Å². The number of nitrogens with zero attached hydrogens (tertiary/aromatic N) is 6. The van der Waals surface area contributed by atoms with Crippen LogP contribution in [0.25, 0.3) is 0 Å². The monoisotopic (exact) mass is 326 g/mol. The van der Waals surface area contributed by atoms with E-state index in [2.05, 4.69) is 31.7 Å². The lowest BCUT2D eigenvalue weighted by atomic mass is 9.95. The molecule has 0 unspecified atom stereocenters. The summed E-state index contributed by atoms with van der Waals surface area (Å²) in [4.78, 5) is 6.55. The molecule has 0 aromatic carbocycles. The quantitative estimate of drug-likeness (QED) is 0.718. The highest BCUT2D eigenvalue weighted by Gasteiger charge is 2.25. The Labute approximate surface area is 140 Å². The van der Waals surface area contributed by atoms with E-state index in [-0.39, 0.29) is 0 Å². The molecule has 3 aromatic heterocycles. The van der Waals surface area contributed by atoms with Crippen LogP contribution in [-0.2, 0) is 20.1 Å². The number of piperidine rings is 1. The van der Waals surface area contributed by atoms with Gasteiger partial charge >= 0.3 is 0 Å². The molecular formula is C17H22N6O. The molecule has 126 valence electrons. The molecule has 0 aliphatic carbocycles. The summed E-state index contributed by atoms with van der Waals surface area (Å²) in [7, 11) is 2.07. The smallest absolute Gasteiger partial charge is 0.152 e. The first kappa shape index (κ1) is 15.1. The van der Waals surface area contributed by atoms with Gasteiger partial charge in [0.15, 0.2) is 5.82 Å². The Bertz CT molecular complexity index is 753. The number of hydrogen-bond acceptors (Lipinski definition) is 5. The Hall–Kier alpha value is -2.41. The van der Waals surface area contributed by atoms with Gasteiger partial charge < -0.3 is 13.6 Å². The largest absolute Gasteiger partial charge is 0.472 e. The molecule has 0 bridgehead atoms. The van der Waals surface area contributed by atoms with Crippen molar-refractivity contribution < 1.29 is 4.42 Å². The summed E-state index contributed by atoms with van der Waals surface area (Å²) in [6.07, 6.45) is 11.4. The minimum absolute atomic E-state index is 0.486. The minimum Gasteiger partial charge on any atom is -0.472 e. The summed E-state index contributed by atoms with van der Waals surface area (Å²) in [5.74, 6) is 2.57. The molecule has 0 atom stereocenters. The fourth-order valence-electron chi connectivity index (χ4n) is 3.40. The SMILES string of the molecule is Cn1c(Cn2ccnc2)nnc1C1CCN(Cc2ccoc2)CC1. The first-order valence-corrected chi connectivity index (χ1v) is 8.37. The highest BCUT2D eigenvalue weighted by atomic mass is 16.3. The summed E-state index contributed by atoms with van der Waals surface area (Å²) in [6, 6.07) is 2.04. The van der Waals surface area contributed by atoms with Crippen molar-refractivity contribution >= 4 is 0 Å². The molecule has 1 fully saturated rings. The second kappa shape index (κ2) is 6.60. The number of aromatic nitrogens is 5. The number of furan rings is 1. The topological polar surface area (TPSA) is 64.9 Å². The molecule has 4 heterocycles. The zero-order chi connectivity index (χ0) is 16.4. The van der Waals surface area contributed by atoms with Crippen LogP contribution in [0.15, 0.2) is 41.7 Å². The van der Waals surface area contributed by atoms with Crippen molar-refractivity contribution in [1.29, 1.82) is 0 Å². The van der Waals surface area contributed by atoms with E-state index in [1.807, 2.05) is 29.4 Å². The number of likely N-dealkylation sites (tertiary alicyclic amines) is 1. The number of rotatable bonds is 5. The summed E-state index contributed by atoms with van der Waals surface area (Å²) >= 11 is 0. The van der Waals surface area contributed by atoms with Crippen LogP contribution in [0.4, 0.5) is 0 Å². The fourth-order valence-corrected chi connectivity index (χ4v) is 3.40.